The van der Waals surface area contributed by atoms with Crippen LogP contribution in [0.2, 0.25) is 0 Å². The molecule has 1 saturated heterocycles. The van der Waals surface area contributed by atoms with E-state index in [1.54, 1.807) is 6.07 Å². The zero-order chi connectivity index (χ0) is 25.4. The van der Waals surface area contributed by atoms with Crippen LogP contribution in [-0.4, -0.2) is 46.0 Å². The minimum atomic E-state index is -0.660. The van der Waals surface area contributed by atoms with Gasteiger partial charge in [-0.25, -0.2) is 0 Å². The van der Waals surface area contributed by atoms with Crippen molar-refractivity contribution in [2.45, 2.75) is 45.1 Å². The number of methoxy groups -OCH3 is 1. The lowest BCUT2D eigenvalue weighted by molar-refractivity contribution is -0.145. The lowest BCUT2D eigenvalue weighted by atomic mass is 9.59. The first-order chi connectivity index (χ1) is 16.5. The van der Waals surface area contributed by atoms with E-state index in [0.29, 0.717) is 28.9 Å². The number of rotatable bonds is 2. The van der Waals surface area contributed by atoms with E-state index in [-0.39, 0.29) is 40.0 Å². The number of phenols is 1. The number of phenolic OH excluding ortho intramolecular Hbond substituents is 1. The molecular formula is C27H26BrNO6. The molecule has 0 radical (unpaired) electrons. The van der Waals surface area contributed by atoms with Gasteiger partial charge in [0.05, 0.1) is 23.4 Å². The molecule has 1 heterocycles. The molecule has 4 atom stereocenters. The Bertz CT molecular complexity index is 1300. The Morgan fingerprint density at radius 2 is 1.80 bits per heavy atom. The first-order valence-corrected chi connectivity index (χ1v) is 12.4. The van der Waals surface area contributed by atoms with Crippen LogP contribution in [-0.2, 0) is 19.2 Å². The molecular weight excluding hydrogens is 514 g/mol. The van der Waals surface area contributed by atoms with Gasteiger partial charge < -0.3 is 9.84 Å². The summed E-state index contributed by atoms with van der Waals surface area (Å²) in [4.78, 5) is 54.8. The number of halogens is 1. The number of ether oxygens (including phenoxy) is 1. The summed E-state index contributed by atoms with van der Waals surface area (Å²) in [5.74, 6) is -2.72. The number of likely N-dealkylation sites (tertiary alicyclic amines) is 1. The Kier molecular flexibility index (Phi) is 5.43. The number of Topliss-reactive ketones (excluding diaryl/α,β-unsaturated/α-hetero) is 1. The van der Waals surface area contributed by atoms with E-state index in [2.05, 4.69) is 15.9 Å². The average molecular weight is 540 g/mol. The maximum Gasteiger partial charge on any atom is 0.234 e. The van der Waals surface area contributed by atoms with Gasteiger partial charge >= 0.3 is 0 Å². The molecule has 8 heteroatoms. The van der Waals surface area contributed by atoms with Crippen molar-refractivity contribution in [2.24, 2.45) is 17.8 Å². The van der Waals surface area contributed by atoms with Gasteiger partial charge in [0.1, 0.15) is 11.5 Å². The number of ketones is 2. The van der Waals surface area contributed by atoms with Crippen molar-refractivity contribution in [3.8, 4) is 11.5 Å². The van der Waals surface area contributed by atoms with Crippen LogP contribution in [0.5, 0.6) is 11.5 Å². The number of carbonyl (C=O) groups excluding carboxylic acids is 4. The maximum atomic E-state index is 13.7. The quantitative estimate of drug-likeness (QED) is 0.346. The van der Waals surface area contributed by atoms with Crippen molar-refractivity contribution in [1.82, 2.24) is 4.90 Å². The molecule has 2 amide bonds. The SMILES string of the molecule is COc1cc(O)ccc1C1C2=CCC3C(=O)N(C(C)(C)C)C(=O)C3C2CC2=C1C(=O)C=C(Br)C2=O. The third-order valence-electron chi connectivity index (χ3n) is 7.53. The van der Waals surface area contributed by atoms with Gasteiger partial charge in [-0.3, -0.25) is 24.1 Å². The first kappa shape index (κ1) is 23.7. The van der Waals surface area contributed by atoms with Crippen molar-refractivity contribution in [3.05, 3.63) is 57.1 Å². The summed E-state index contributed by atoms with van der Waals surface area (Å²) in [5.41, 5.74) is 1.55. The lowest BCUT2D eigenvalue weighted by Crippen LogP contribution is -2.46. The van der Waals surface area contributed by atoms with Gasteiger partial charge in [-0.05, 0) is 61.5 Å². The summed E-state index contributed by atoms with van der Waals surface area (Å²) in [5, 5.41) is 10.0. The van der Waals surface area contributed by atoms with E-state index in [1.807, 2.05) is 26.8 Å². The Morgan fingerprint density at radius 1 is 1.09 bits per heavy atom. The molecule has 1 N–H and O–H groups in total. The smallest absolute Gasteiger partial charge is 0.234 e. The first-order valence-electron chi connectivity index (χ1n) is 11.6. The summed E-state index contributed by atoms with van der Waals surface area (Å²) in [7, 11) is 1.48. The molecule has 5 rings (SSSR count). The van der Waals surface area contributed by atoms with Gasteiger partial charge in [0, 0.05) is 40.3 Å². The van der Waals surface area contributed by atoms with Gasteiger partial charge in [0.25, 0.3) is 0 Å². The number of aromatic hydroxyl groups is 1. The van der Waals surface area contributed by atoms with Crippen molar-refractivity contribution >= 4 is 39.3 Å². The Morgan fingerprint density at radius 3 is 2.46 bits per heavy atom. The van der Waals surface area contributed by atoms with Crippen LogP contribution in [0.3, 0.4) is 0 Å². The minimum absolute atomic E-state index is 0.0101. The van der Waals surface area contributed by atoms with Crippen LogP contribution in [0.4, 0.5) is 0 Å². The molecule has 0 saturated carbocycles. The number of hydrogen-bond donors (Lipinski definition) is 1. The second-order valence-corrected chi connectivity index (χ2v) is 11.4. The monoisotopic (exact) mass is 539 g/mol. The summed E-state index contributed by atoms with van der Waals surface area (Å²) in [6, 6.07) is 4.67. The topological polar surface area (TPSA) is 101 Å². The highest BCUT2D eigenvalue weighted by molar-refractivity contribution is 9.12. The predicted molar refractivity (Wildman–Crippen MR) is 131 cm³/mol. The number of nitrogens with zero attached hydrogens (tertiary/aromatic N) is 1. The van der Waals surface area contributed by atoms with E-state index in [1.165, 1.54) is 30.2 Å². The molecule has 3 aliphatic carbocycles. The fourth-order valence-electron chi connectivity index (χ4n) is 6.16. The van der Waals surface area contributed by atoms with Crippen LogP contribution in [0.15, 0.2) is 51.6 Å². The summed E-state index contributed by atoms with van der Waals surface area (Å²) >= 11 is 3.23. The highest BCUT2D eigenvalue weighted by Crippen LogP contribution is 2.56. The number of amides is 2. The largest absolute Gasteiger partial charge is 0.508 e. The molecule has 7 nitrogen and oxygen atoms in total. The molecule has 1 aliphatic heterocycles. The van der Waals surface area contributed by atoms with Gasteiger partial charge in [0.2, 0.25) is 11.8 Å². The molecule has 4 aliphatic rings. The molecule has 0 aromatic heterocycles. The number of hydrogen-bond acceptors (Lipinski definition) is 6. The fourth-order valence-corrected chi connectivity index (χ4v) is 6.61. The number of benzene rings is 1. The van der Waals surface area contributed by atoms with Crippen molar-refractivity contribution in [1.29, 1.82) is 0 Å². The molecule has 182 valence electrons. The van der Waals surface area contributed by atoms with Gasteiger partial charge in [-0.2, -0.15) is 0 Å². The second-order valence-electron chi connectivity index (χ2n) is 10.5. The van der Waals surface area contributed by atoms with Crippen molar-refractivity contribution in [3.63, 3.8) is 0 Å². The Labute approximate surface area is 211 Å². The fraction of sp³-hybridized carbons (Fsp3) is 0.407. The summed E-state index contributed by atoms with van der Waals surface area (Å²) in [6.45, 7) is 5.52. The predicted octanol–water partition coefficient (Wildman–Crippen LogP) is 3.96. The standard InChI is InChI=1S/C27H26BrNO6/c1-27(2,3)29-25(33)15-8-7-13-16(22(15)26(29)34)10-17-23(19(31)11-18(28)24(17)32)21(13)14-6-5-12(30)9-20(14)35-4/h5-7,9,11,15-16,21-22,30H,8,10H2,1-4H3. The minimum Gasteiger partial charge on any atom is -0.508 e. The molecule has 35 heavy (non-hydrogen) atoms. The van der Waals surface area contributed by atoms with Crippen LogP contribution in [0.1, 0.15) is 45.1 Å². The molecule has 0 bridgehead atoms. The Balaban J connectivity index is 1.71. The van der Waals surface area contributed by atoms with Gasteiger partial charge in [-0.1, -0.05) is 17.7 Å². The molecule has 0 spiro atoms. The van der Waals surface area contributed by atoms with Gasteiger partial charge in [0.15, 0.2) is 11.6 Å². The summed E-state index contributed by atoms with van der Waals surface area (Å²) in [6.07, 6.45) is 3.85. The number of allylic oxidation sites excluding steroid dienone is 6. The number of carbonyl (C=O) groups is 4. The van der Waals surface area contributed by atoms with Crippen LogP contribution in [0, 0.1) is 17.8 Å². The van der Waals surface area contributed by atoms with Gasteiger partial charge in [-0.15, -0.1) is 0 Å². The molecule has 4 unspecified atom stereocenters. The van der Waals surface area contributed by atoms with Crippen molar-refractivity contribution in [2.75, 3.05) is 7.11 Å². The van der Waals surface area contributed by atoms with Crippen LogP contribution in [0.25, 0.3) is 0 Å². The zero-order valence-corrected chi connectivity index (χ0v) is 21.5. The lowest BCUT2D eigenvalue weighted by Gasteiger charge is -2.42. The molecule has 1 aromatic rings. The third kappa shape index (κ3) is 3.44. The number of fused-ring (bicyclic) bond motifs is 3. The third-order valence-corrected chi connectivity index (χ3v) is 8.12. The Hall–Kier alpha value is -3.00. The normalized spacial score (nSPS) is 28.4. The van der Waals surface area contributed by atoms with Crippen LogP contribution >= 0.6 is 15.9 Å². The van der Waals surface area contributed by atoms with Crippen molar-refractivity contribution < 1.29 is 29.0 Å². The highest BCUT2D eigenvalue weighted by Gasteiger charge is 2.58. The zero-order valence-electron chi connectivity index (χ0n) is 19.9. The van der Waals surface area contributed by atoms with E-state index in [9.17, 15) is 24.3 Å². The summed E-state index contributed by atoms with van der Waals surface area (Å²) < 4.78 is 5.73. The molecule has 1 fully saturated rings. The molecule has 1 aromatic carbocycles. The van der Waals surface area contributed by atoms with E-state index >= 15 is 0 Å². The second kappa shape index (κ2) is 8.01. The van der Waals surface area contributed by atoms with E-state index in [4.69, 9.17) is 4.74 Å². The number of imide groups is 1. The van der Waals surface area contributed by atoms with E-state index < -0.39 is 29.2 Å². The maximum absolute atomic E-state index is 13.7. The average Bonchev–Trinajstić information content (AvgIpc) is 3.06. The highest BCUT2D eigenvalue weighted by atomic mass is 79.9. The van der Waals surface area contributed by atoms with Crippen LogP contribution < -0.4 is 4.74 Å². The van der Waals surface area contributed by atoms with E-state index in [0.717, 1.165) is 5.57 Å².